The summed E-state index contributed by atoms with van der Waals surface area (Å²) >= 11 is 0. The number of rotatable bonds is 6. The topological polar surface area (TPSA) is 74.8 Å². The largest absolute Gasteiger partial charge is 0.268 e. The molecule has 40 heavy (non-hydrogen) atoms. The molecule has 5 aromatic rings. The van der Waals surface area contributed by atoms with Crippen LogP contribution >= 0.6 is 0 Å². The second kappa shape index (κ2) is 11.8. The molecule has 194 valence electrons. The van der Waals surface area contributed by atoms with E-state index >= 15 is 0 Å². The second-order valence-electron chi connectivity index (χ2n) is 8.87. The number of amides is 4. The normalized spacial score (nSPS) is 10.4. The Morgan fingerprint density at radius 1 is 0.300 bits per heavy atom. The number of hydrogen-bond donors (Lipinski definition) is 0. The van der Waals surface area contributed by atoms with Crippen molar-refractivity contribution >= 4 is 35.0 Å². The van der Waals surface area contributed by atoms with Crippen molar-refractivity contribution in [1.29, 1.82) is 0 Å². The maximum absolute atomic E-state index is 13.6. The monoisotopic (exact) mass is 524 g/mol. The Balaban J connectivity index is 1.55. The van der Waals surface area contributed by atoms with Gasteiger partial charge in [-0.3, -0.25) is 19.2 Å². The van der Waals surface area contributed by atoms with Gasteiger partial charge in [-0.2, -0.15) is 0 Å². The van der Waals surface area contributed by atoms with Gasteiger partial charge in [0, 0.05) is 22.3 Å². The first-order valence-electron chi connectivity index (χ1n) is 12.6. The van der Waals surface area contributed by atoms with Crippen molar-refractivity contribution in [3.05, 3.63) is 168 Å². The molecule has 0 heterocycles. The first-order chi connectivity index (χ1) is 19.5. The third kappa shape index (κ3) is 5.47. The van der Waals surface area contributed by atoms with Crippen LogP contribution in [-0.4, -0.2) is 23.6 Å². The minimum atomic E-state index is -0.500. The Morgan fingerprint density at radius 2 is 0.500 bits per heavy atom. The summed E-state index contributed by atoms with van der Waals surface area (Å²) in [4.78, 5) is 56.4. The molecular weight excluding hydrogens is 500 g/mol. The smallest absolute Gasteiger partial charge is 0.265 e. The molecule has 0 aliphatic heterocycles. The highest BCUT2D eigenvalue weighted by molar-refractivity contribution is 6.27. The first kappa shape index (κ1) is 26.0. The number of hydrogen-bond acceptors (Lipinski definition) is 4. The molecule has 0 unspecified atom stereocenters. The predicted molar refractivity (Wildman–Crippen MR) is 154 cm³/mol. The molecule has 0 bridgehead atoms. The van der Waals surface area contributed by atoms with E-state index in [1.54, 1.807) is 146 Å². The van der Waals surface area contributed by atoms with Gasteiger partial charge in [0.15, 0.2) is 0 Å². The molecule has 0 radical (unpaired) electrons. The van der Waals surface area contributed by atoms with E-state index in [9.17, 15) is 19.2 Å². The first-order valence-corrected chi connectivity index (χ1v) is 12.6. The van der Waals surface area contributed by atoms with E-state index < -0.39 is 23.6 Å². The Kier molecular flexibility index (Phi) is 7.69. The number of carbonyl (C=O) groups excluding carboxylic acids is 4. The highest BCUT2D eigenvalue weighted by Gasteiger charge is 2.29. The van der Waals surface area contributed by atoms with Gasteiger partial charge in [-0.1, -0.05) is 72.8 Å². The van der Waals surface area contributed by atoms with E-state index in [0.717, 1.165) is 9.80 Å². The molecule has 5 rings (SSSR count). The minimum Gasteiger partial charge on any atom is -0.268 e. The molecule has 6 nitrogen and oxygen atoms in total. The molecular formula is C34H24N2O4. The lowest BCUT2D eigenvalue weighted by molar-refractivity contribution is 0.0881. The lowest BCUT2D eigenvalue weighted by Gasteiger charge is -2.24. The molecule has 0 spiro atoms. The maximum Gasteiger partial charge on any atom is 0.265 e. The lowest BCUT2D eigenvalue weighted by atomic mass is 10.1. The summed E-state index contributed by atoms with van der Waals surface area (Å²) in [5, 5.41) is 0. The van der Waals surface area contributed by atoms with Crippen LogP contribution in [0.1, 0.15) is 41.4 Å². The van der Waals surface area contributed by atoms with Gasteiger partial charge in [0.1, 0.15) is 0 Å². The third-order valence-electron chi connectivity index (χ3n) is 6.26. The summed E-state index contributed by atoms with van der Waals surface area (Å²) in [6.45, 7) is 0. The highest BCUT2D eigenvalue weighted by Crippen LogP contribution is 2.27. The third-order valence-corrected chi connectivity index (χ3v) is 6.26. The number of imide groups is 2. The zero-order valence-corrected chi connectivity index (χ0v) is 21.4. The van der Waals surface area contributed by atoms with Crippen molar-refractivity contribution in [2.24, 2.45) is 0 Å². The van der Waals surface area contributed by atoms with Crippen LogP contribution in [0.5, 0.6) is 0 Å². The van der Waals surface area contributed by atoms with E-state index in [1.165, 1.54) is 0 Å². The van der Waals surface area contributed by atoms with Crippen molar-refractivity contribution < 1.29 is 19.2 Å². The molecule has 0 N–H and O–H groups in total. The van der Waals surface area contributed by atoms with Crippen LogP contribution < -0.4 is 9.80 Å². The van der Waals surface area contributed by atoms with Gasteiger partial charge >= 0.3 is 0 Å². The highest BCUT2D eigenvalue weighted by atomic mass is 16.2. The maximum atomic E-state index is 13.6. The SMILES string of the molecule is O=C(c1ccccc1)N(C(=O)c1ccccc1)c1ccc(N(C(=O)c2ccccc2)C(=O)c2ccccc2)cc1. The van der Waals surface area contributed by atoms with Gasteiger partial charge < -0.3 is 0 Å². The summed E-state index contributed by atoms with van der Waals surface area (Å²) in [5.41, 5.74) is 1.97. The molecule has 0 aliphatic rings. The van der Waals surface area contributed by atoms with Crippen LogP contribution in [0.25, 0.3) is 0 Å². The molecule has 0 aliphatic carbocycles. The van der Waals surface area contributed by atoms with Crippen LogP contribution in [-0.2, 0) is 0 Å². The van der Waals surface area contributed by atoms with E-state index in [-0.39, 0.29) is 0 Å². The zero-order chi connectivity index (χ0) is 27.9. The quantitative estimate of drug-likeness (QED) is 0.233. The minimum absolute atomic E-state index is 0.297. The standard InChI is InChI=1S/C34H24N2O4/c37-31(25-13-5-1-6-14-25)35(32(38)26-15-7-2-8-16-26)29-21-23-30(24-22-29)36(33(39)27-17-9-3-10-18-27)34(40)28-19-11-4-12-20-28/h1-24H. The molecule has 0 fully saturated rings. The van der Waals surface area contributed by atoms with E-state index in [1.807, 2.05) is 0 Å². The molecule has 5 aromatic carbocycles. The summed E-state index contributed by atoms with van der Waals surface area (Å²) in [7, 11) is 0. The van der Waals surface area contributed by atoms with Crippen molar-refractivity contribution in [3.8, 4) is 0 Å². The summed E-state index contributed by atoms with van der Waals surface area (Å²) < 4.78 is 0. The Bertz CT molecular complexity index is 1410. The fourth-order valence-corrected chi connectivity index (χ4v) is 4.24. The molecule has 0 saturated heterocycles. The summed E-state index contributed by atoms with van der Waals surface area (Å²) in [6.07, 6.45) is 0. The van der Waals surface area contributed by atoms with E-state index in [0.29, 0.717) is 33.6 Å². The van der Waals surface area contributed by atoms with Gasteiger partial charge in [0.05, 0.1) is 11.4 Å². The number of benzene rings is 5. The summed E-state index contributed by atoms with van der Waals surface area (Å²) in [5.74, 6) is -2.00. The average Bonchev–Trinajstić information content (AvgIpc) is 3.03. The molecule has 0 saturated carbocycles. The zero-order valence-electron chi connectivity index (χ0n) is 21.4. The molecule has 0 aromatic heterocycles. The van der Waals surface area contributed by atoms with Crippen LogP contribution in [0.3, 0.4) is 0 Å². The van der Waals surface area contributed by atoms with E-state index in [4.69, 9.17) is 0 Å². The van der Waals surface area contributed by atoms with Gasteiger partial charge in [-0.15, -0.1) is 0 Å². The van der Waals surface area contributed by atoms with Gasteiger partial charge in [0.25, 0.3) is 23.6 Å². The van der Waals surface area contributed by atoms with Crippen molar-refractivity contribution in [3.63, 3.8) is 0 Å². The number of nitrogens with zero attached hydrogens (tertiary/aromatic N) is 2. The Hall–Kier alpha value is -5.62. The Morgan fingerprint density at radius 3 is 0.700 bits per heavy atom. The predicted octanol–water partition coefficient (Wildman–Crippen LogP) is 6.66. The van der Waals surface area contributed by atoms with Crippen molar-refractivity contribution in [2.75, 3.05) is 9.80 Å². The van der Waals surface area contributed by atoms with Crippen LogP contribution in [0.4, 0.5) is 11.4 Å². The van der Waals surface area contributed by atoms with Crippen LogP contribution in [0.2, 0.25) is 0 Å². The van der Waals surface area contributed by atoms with Gasteiger partial charge in [-0.25, -0.2) is 9.80 Å². The van der Waals surface area contributed by atoms with Crippen LogP contribution in [0, 0.1) is 0 Å². The number of anilines is 2. The van der Waals surface area contributed by atoms with E-state index in [2.05, 4.69) is 0 Å². The molecule has 0 atom stereocenters. The Labute approximate surface area is 231 Å². The fraction of sp³-hybridized carbons (Fsp3) is 0. The number of carbonyl (C=O) groups is 4. The lowest BCUT2D eigenvalue weighted by Crippen LogP contribution is -2.38. The van der Waals surface area contributed by atoms with Crippen molar-refractivity contribution in [2.45, 2.75) is 0 Å². The van der Waals surface area contributed by atoms with Crippen LogP contribution in [0.15, 0.2) is 146 Å². The molecule has 4 amide bonds. The van der Waals surface area contributed by atoms with Gasteiger partial charge in [-0.05, 0) is 72.8 Å². The van der Waals surface area contributed by atoms with Crippen molar-refractivity contribution in [1.82, 2.24) is 0 Å². The average molecular weight is 525 g/mol. The second-order valence-corrected chi connectivity index (χ2v) is 8.87. The van der Waals surface area contributed by atoms with Gasteiger partial charge in [0.2, 0.25) is 0 Å². The fourth-order valence-electron chi connectivity index (χ4n) is 4.24. The summed E-state index contributed by atoms with van der Waals surface area (Å²) in [6, 6.07) is 40.3. The molecule has 6 heteroatoms.